The molecule has 60 heavy (non-hydrogen) atoms. The number of benzene rings is 1. The summed E-state index contributed by atoms with van der Waals surface area (Å²) in [7, 11) is 0. The van der Waals surface area contributed by atoms with E-state index in [9.17, 15) is 0 Å². The zero-order valence-electron chi connectivity index (χ0n) is 35.8. The van der Waals surface area contributed by atoms with Gasteiger partial charge in [0.15, 0.2) is 6.17 Å². The Bertz CT molecular complexity index is 2180. The van der Waals surface area contributed by atoms with E-state index in [0.717, 1.165) is 56.7 Å². The summed E-state index contributed by atoms with van der Waals surface area (Å²) >= 11 is 0. The van der Waals surface area contributed by atoms with Crippen molar-refractivity contribution in [1.82, 2.24) is 10.6 Å². The Hall–Kier alpha value is -4.54. The molecule has 1 aromatic carbocycles. The highest BCUT2D eigenvalue weighted by atomic mass is 15.2. The van der Waals surface area contributed by atoms with Gasteiger partial charge in [-0.25, -0.2) is 9.98 Å². The van der Waals surface area contributed by atoms with Crippen LogP contribution >= 0.6 is 0 Å². The van der Waals surface area contributed by atoms with E-state index in [1.54, 1.807) is 22.3 Å². The zero-order chi connectivity index (χ0) is 40.1. The second-order valence-electron chi connectivity index (χ2n) is 19.0. The van der Waals surface area contributed by atoms with E-state index in [2.05, 4.69) is 126 Å². The minimum atomic E-state index is -0.187. The molecule has 0 amide bonds. The summed E-state index contributed by atoms with van der Waals surface area (Å²) in [6, 6.07) is 9.83. The minimum Gasteiger partial charge on any atom is -0.328 e. The Labute approximate surface area is 360 Å². The molecule has 310 valence electrons. The van der Waals surface area contributed by atoms with Gasteiger partial charge < -0.3 is 10.6 Å². The molecule has 1 fully saturated rings. The van der Waals surface area contributed by atoms with Crippen LogP contribution in [-0.4, -0.2) is 30.4 Å². The summed E-state index contributed by atoms with van der Waals surface area (Å²) in [4.78, 5) is 10.9. The van der Waals surface area contributed by atoms with E-state index in [1.807, 2.05) is 0 Å². The number of amidine groups is 2. The highest BCUT2D eigenvalue weighted by Gasteiger charge is 2.32. The zero-order valence-corrected chi connectivity index (χ0v) is 35.8. The molecule has 2 heterocycles. The monoisotopic (exact) mass is 795 g/mol. The average Bonchev–Trinajstić information content (AvgIpc) is 3.35. The quantitative estimate of drug-likeness (QED) is 0.245. The van der Waals surface area contributed by atoms with Gasteiger partial charge in [0.2, 0.25) is 0 Å². The minimum absolute atomic E-state index is 0.185. The van der Waals surface area contributed by atoms with Crippen LogP contribution in [0.1, 0.15) is 133 Å². The first-order chi connectivity index (χ1) is 29.7. The Kier molecular flexibility index (Phi) is 12.3. The summed E-state index contributed by atoms with van der Waals surface area (Å²) in [5.74, 6) is 4.61. The summed E-state index contributed by atoms with van der Waals surface area (Å²) in [6.07, 6.45) is 57.6. The fourth-order valence-corrected chi connectivity index (χ4v) is 11.7. The van der Waals surface area contributed by atoms with Crippen molar-refractivity contribution in [3.8, 4) is 0 Å². The van der Waals surface area contributed by atoms with Crippen LogP contribution in [0.3, 0.4) is 0 Å². The Morgan fingerprint density at radius 2 is 1.37 bits per heavy atom. The predicted molar refractivity (Wildman–Crippen MR) is 252 cm³/mol. The molecule has 4 heteroatoms. The van der Waals surface area contributed by atoms with Crippen molar-refractivity contribution in [2.45, 2.75) is 134 Å². The van der Waals surface area contributed by atoms with Crippen LogP contribution in [0.2, 0.25) is 0 Å². The molecule has 0 bridgehead atoms. The van der Waals surface area contributed by atoms with Crippen LogP contribution < -0.4 is 10.6 Å². The van der Waals surface area contributed by atoms with Crippen LogP contribution in [-0.2, 0) is 0 Å². The van der Waals surface area contributed by atoms with Gasteiger partial charge in [-0.3, -0.25) is 0 Å². The topological polar surface area (TPSA) is 48.8 Å². The third-order valence-electron chi connectivity index (χ3n) is 15.2. The smallest absolute Gasteiger partial charge is 0.165 e. The van der Waals surface area contributed by atoms with Crippen molar-refractivity contribution in [2.75, 3.05) is 6.54 Å². The van der Waals surface area contributed by atoms with Crippen LogP contribution in [0.4, 0.5) is 0 Å². The van der Waals surface area contributed by atoms with Crippen molar-refractivity contribution in [2.24, 2.45) is 33.7 Å². The number of hydrogen-bond acceptors (Lipinski definition) is 4. The van der Waals surface area contributed by atoms with E-state index < -0.39 is 0 Å². The van der Waals surface area contributed by atoms with Gasteiger partial charge in [0.1, 0.15) is 11.7 Å². The molecule has 9 aliphatic rings. The Morgan fingerprint density at radius 1 is 0.583 bits per heavy atom. The molecule has 2 N–H and O–H groups in total. The van der Waals surface area contributed by atoms with Crippen LogP contribution in [0, 0.1) is 23.7 Å². The molecule has 0 saturated heterocycles. The maximum absolute atomic E-state index is 5.49. The lowest BCUT2D eigenvalue weighted by Crippen LogP contribution is -2.41. The third-order valence-corrected chi connectivity index (χ3v) is 15.2. The lowest BCUT2D eigenvalue weighted by Gasteiger charge is -2.36. The molecule has 4 nitrogen and oxygen atoms in total. The highest BCUT2D eigenvalue weighted by molar-refractivity contribution is 6.11. The molecule has 1 aromatic rings. The molecule has 0 radical (unpaired) electrons. The van der Waals surface area contributed by atoms with Crippen molar-refractivity contribution in [1.29, 1.82) is 0 Å². The fourth-order valence-electron chi connectivity index (χ4n) is 11.7. The van der Waals surface area contributed by atoms with E-state index in [0.29, 0.717) is 29.7 Å². The average molecular weight is 795 g/mol. The number of aliphatic imine (C=N–C) groups is 2. The van der Waals surface area contributed by atoms with Crippen molar-refractivity contribution < 1.29 is 0 Å². The summed E-state index contributed by atoms with van der Waals surface area (Å²) in [6.45, 7) is 1.01. The van der Waals surface area contributed by atoms with Crippen molar-refractivity contribution in [3.63, 3.8) is 0 Å². The normalized spacial score (nSPS) is 31.0. The highest BCUT2D eigenvalue weighted by Crippen LogP contribution is 2.41. The van der Waals surface area contributed by atoms with Crippen LogP contribution in [0.25, 0.3) is 0 Å². The number of hydrogen-bond donors (Lipinski definition) is 2. The molecule has 10 rings (SSSR count). The molecule has 0 spiro atoms. The first kappa shape index (κ1) is 39.6. The van der Waals surface area contributed by atoms with Gasteiger partial charge in [-0.05, 0) is 147 Å². The maximum Gasteiger partial charge on any atom is 0.165 e. The molecule has 7 aliphatic carbocycles. The molecule has 6 atom stereocenters. The van der Waals surface area contributed by atoms with Gasteiger partial charge >= 0.3 is 0 Å². The number of allylic oxidation sites excluding steroid dienone is 17. The maximum atomic E-state index is 5.49. The second kappa shape index (κ2) is 18.6. The van der Waals surface area contributed by atoms with Gasteiger partial charge in [-0.15, -0.1) is 0 Å². The van der Waals surface area contributed by atoms with E-state index >= 15 is 0 Å². The standard InChI is InChI=1S/C56H66N4/c1-5-15-39(16-6-1)41-27-31-45(32-28-41)54-58-55(46-33-29-42(30-34-46)40-17-7-2-8-18-40)60-56(59-54)50-26-14-24-48(36-50)47-23-13-25-49(35-47)51-37-53(44-21-11-4-12-22-44)57-38-52(51)43-19-9-3-10-20-43/h1,3-5,9,11,13-14,21,24-25,27,29-31,33-36,39-40,43,47,50,53-54,57H,2,6-8,10,12,15-20,22-23,26,28,32,37-38H2,(H,58,59,60). The SMILES string of the molecule is C1=CCCC(C2CC(C3=CC(C4=CC(C5=NC(C6=CC=C(C7CC=CCC7)CC6)N=C(c6ccc(C7CCCCC7)cc6)N5)CC=C4)CC=C3)=C(C3CC=CCC3)CN2)=C1. The lowest BCUT2D eigenvalue weighted by atomic mass is 9.75. The van der Waals surface area contributed by atoms with Gasteiger partial charge in [-0.1, -0.05) is 146 Å². The first-order valence-corrected chi connectivity index (χ1v) is 24.0. The fraction of sp³-hybridized carbons (Fsp3) is 0.464. The summed E-state index contributed by atoms with van der Waals surface area (Å²) in [5, 5.41) is 7.84. The van der Waals surface area contributed by atoms with Crippen molar-refractivity contribution >= 4 is 11.7 Å². The first-order valence-electron chi connectivity index (χ1n) is 24.0. The lowest BCUT2D eigenvalue weighted by molar-refractivity contribution is 0.443. The van der Waals surface area contributed by atoms with Crippen LogP contribution in [0.5, 0.6) is 0 Å². The number of nitrogens with one attached hydrogen (secondary N) is 2. The number of nitrogens with zero attached hydrogens (tertiary/aromatic N) is 2. The number of rotatable bonds is 9. The van der Waals surface area contributed by atoms with Gasteiger partial charge in [0.05, 0.1) is 0 Å². The Balaban J connectivity index is 0.935. The second-order valence-corrected chi connectivity index (χ2v) is 19.0. The van der Waals surface area contributed by atoms with E-state index in [1.165, 1.54) is 105 Å². The summed E-state index contributed by atoms with van der Waals surface area (Å²) in [5.41, 5.74) is 13.4. The van der Waals surface area contributed by atoms with Crippen LogP contribution in [0.15, 0.2) is 164 Å². The molecule has 0 aromatic heterocycles. The molecular weight excluding hydrogens is 729 g/mol. The van der Waals surface area contributed by atoms with Gasteiger partial charge in [0, 0.05) is 30.0 Å². The van der Waals surface area contributed by atoms with E-state index in [-0.39, 0.29) is 12.1 Å². The van der Waals surface area contributed by atoms with Gasteiger partial charge in [0.25, 0.3) is 0 Å². The van der Waals surface area contributed by atoms with Crippen molar-refractivity contribution in [3.05, 3.63) is 166 Å². The van der Waals surface area contributed by atoms with E-state index in [4.69, 9.17) is 9.98 Å². The third kappa shape index (κ3) is 8.92. The molecule has 1 saturated carbocycles. The summed E-state index contributed by atoms with van der Waals surface area (Å²) < 4.78 is 0. The largest absolute Gasteiger partial charge is 0.328 e. The molecular formula is C56H66N4. The van der Waals surface area contributed by atoms with Gasteiger partial charge in [-0.2, -0.15) is 0 Å². The Morgan fingerprint density at radius 3 is 2.13 bits per heavy atom. The predicted octanol–water partition coefficient (Wildman–Crippen LogP) is 13.1. The molecule has 6 unspecified atom stereocenters. The molecule has 2 aliphatic heterocycles.